The van der Waals surface area contributed by atoms with Crippen LogP contribution in [-0.4, -0.2) is 43.0 Å². The second kappa shape index (κ2) is 7.95. The van der Waals surface area contributed by atoms with E-state index in [4.69, 9.17) is 11.6 Å². The van der Waals surface area contributed by atoms with Crippen LogP contribution in [0.3, 0.4) is 0 Å². The number of carbonyl (C=O) groups is 1. The van der Waals surface area contributed by atoms with Gasteiger partial charge < -0.3 is 4.90 Å². The van der Waals surface area contributed by atoms with Gasteiger partial charge in [-0.15, -0.1) is 0 Å². The van der Waals surface area contributed by atoms with Crippen LogP contribution in [0.4, 0.5) is 5.13 Å². The average molecular weight is 374 g/mol. The molecule has 1 amide bonds. The summed E-state index contributed by atoms with van der Waals surface area (Å²) in [6, 6.07) is 15.4. The van der Waals surface area contributed by atoms with Gasteiger partial charge >= 0.3 is 0 Å². The van der Waals surface area contributed by atoms with Crippen molar-refractivity contribution in [2.75, 3.05) is 32.1 Å². The Bertz CT molecular complexity index is 863. The van der Waals surface area contributed by atoms with Crippen LogP contribution >= 0.6 is 22.9 Å². The monoisotopic (exact) mass is 373 g/mol. The van der Waals surface area contributed by atoms with E-state index >= 15 is 0 Å². The Morgan fingerprint density at radius 3 is 2.60 bits per heavy atom. The van der Waals surface area contributed by atoms with Crippen LogP contribution in [-0.2, 0) is 11.2 Å². The Morgan fingerprint density at radius 1 is 1.12 bits per heavy atom. The normalized spacial score (nSPS) is 11.2. The maximum Gasteiger partial charge on any atom is 0.233 e. The summed E-state index contributed by atoms with van der Waals surface area (Å²) in [6.45, 7) is 1.38. The Hall–Kier alpha value is -1.95. The van der Waals surface area contributed by atoms with Crippen molar-refractivity contribution in [3.8, 4) is 0 Å². The van der Waals surface area contributed by atoms with Gasteiger partial charge in [-0.25, -0.2) is 4.98 Å². The summed E-state index contributed by atoms with van der Waals surface area (Å²) < 4.78 is 0.991. The molecule has 130 valence electrons. The Kier molecular flexibility index (Phi) is 5.68. The molecule has 0 spiro atoms. The number of benzene rings is 2. The number of amides is 1. The number of hydrogen-bond donors (Lipinski definition) is 0. The van der Waals surface area contributed by atoms with Crippen LogP contribution in [0.1, 0.15) is 5.56 Å². The fraction of sp³-hybridized carbons (Fsp3) is 0.263. The maximum absolute atomic E-state index is 12.9. The van der Waals surface area contributed by atoms with Gasteiger partial charge in [0, 0.05) is 18.1 Å². The molecule has 2 aromatic carbocycles. The van der Waals surface area contributed by atoms with Crippen LogP contribution in [0.2, 0.25) is 5.02 Å². The number of hydrogen-bond acceptors (Lipinski definition) is 4. The van der Waals surface area contributed by atoms with Crippen molar-refractivity contribution < 1.29 is 4.79 Å². The number of nitrogens with zero attached hydrogens (tertiary/aromatic N) is 3. The summed E-state index contributed by atoms with van der Waals surface area (Å²) in [6.07, 6.45) is 0.366. The third-order valence-electron chi connectivity index (χ3n) is 3.84. The molecular weight excluding hydrogens is 354 g/mol. The van der Waals surface area contributed by atoms with Crippen molar-refractivity contribution in [1.29, 1.82) is 0 Å². The molecule has 3 rings (SSSR count). The van der Waals surface area contributed by atoms with Gasteiger partial charge in [-0.05, 0) is 37.9 Å². The lowest BCUT2D eigenvalue weighted by atomic mass is 10.1. The lowest BCUT2D eigenvalue weighted by Crippen LogP contribution is -2.37. The highest BCUT2D eigenvalue weighted by Gasteiger charge is 2.20. The topological polar surface area (TPSA) is 36.4 Å². The van der Waals surface area contributed by atoms with E-state index in [9.17, 15) is 4.79 Å². The molecule has 0 saturated carbocycles. The molecule has 0 bridgehead atoms. The molecule has 0 radical (unpaired) electrons. The van der Waals surface area contributed by atoms with E-state index in [-0.39, 0.29) is 5.91 Å². The minimum Gasteiger partial charge on any atom is -0.308 e. The summed E-state index contributed by atoms with van der Waals surface area (Å²) >= 11 is 7.57. The Balaban J connectivity index is 1.88. The number of aromatic nitrogens is 1. The number of halogens is 1. The summed E-state index contributed by atoms with van der Waals surface area (Å²) in [4.78, 5) is 21.4. The molecule has 0 N–H and O–H groups in total. The molecule has 3 aromatic rings. The number of fused-ring (bicyclic) bond motifs is 1. The summed E-state index contributed by atoms with van der Waals surface area (Å²) in [5.74, 6) is 0.0539. The summed E-state index contributed by atoms with van der Waals surface area (Å²) in [5, 5.41) is 1.40. The van der Waals surface area contributed by atoms with Gasteiger partial charge in [0.25, 0.3) is 0 Å². The number of anilines is 1. The SMILES string of the molecule is CN(C)CCN(C(=O)Cc1ccccc1)c1nc2ccc(Cl)cc2s1. The van der Waals surface area contributed by atoms with Gasteiger partial charge in [0.2, 0.25) is 5.91 Å². The van der Waals surface area contributed by atoms with Gasteiger partial charge in [-0.1, -0.05) is 53.3 Å². The van der Waals surface area contributed by atoms with Crippen LogP contribution < -0.4 is 4.90 Å². The van der Waals surface area contributed by atoms with Crippen molar-refractivity contribution in [3.05, 3.63) is 59.1 Å². The molecule has 0 unspecified atom stereocenters. The van der Waals surface area contributed by atoms with E-state index in [1.54, 1.807) is 4.90 Å². The van der Waals surface area contributed by atoms with Crippen LogP contribution in [0.25, 0.3) is 10.2 Å². The molecule has 6 heteroatoms. The lowest BCUT2D eigenvalue weighted by Gasteiger charge is -2.22. The highest BCUT2D eigenvalue weighted by atomic mass is 35.5. The molecule has 25 heavy (non-hydrogen) atoms. The van der Waals surface area contributed by atoms with E-state index in [2.05, 4.69) is 9.88 Å². The second-order valence-corrected chi connectivity index (χ2v) is 7.57. The predicted octanol–water partition coefficient (Wildman–Crippen LogP) is 4.09. The van der Waals surface area contributed by atoms with Gasteiger partial charge in [-0.2, -0.15) is 0 Å². The maximum atomic E-state index is 12.9. The molecule has 0 aliphatic rings. The smallest absolute Gasteiger partial charge is 0.233 e. The summed E-state index contributed by atoms with van der Waals surface area (Å²) in [5.41, 5.74) is 1.87. The molecular formula is C19H20ClN3OS. The van der Waals surface area contributed by atoms with Crippen LogP contribution in [0, 0.1) is 0 Å². The molecule has 0 fully saturated rings. The lowest BCUT2D eigenvalue weighted by molar-refractivity contribution is -0.118. The molecule has 4 nitrogen and oxygen atoms in total. The highest BCUT2D eigenvalue weighted by molar-refractivity contribution is 7.22. The second-order valence-electron chi connectivity index (χ2n) is 6.12. The Labute approximate surface area is 156 Å². The van der Waals surface area contributed by atoms with E-state index < -0.39 is 0 Å². The molecule has 0 aliphatic heterocycles. The average Bonchev–Trinajstić information content (AvgIpc) is 2.98. The number of rotatable bonds is 6. The van der Waals surface area contributed by atoms with Crippen molar-refractivity contribution in [2.24, 2.45) is 0 Å². The highest BCUT2D eigenvalue weighted by Crippen LogP contribution is 2.31. The predicted molar refractivity (Wildman–Crippen MR) is 106 cm³/mol. The van der Waals surface area contributed by atoms with Crippen molar-refractivity contribution in [3.63, 3.8) is 0 Å². The van der Waals surface area contributed by atoms with Gasteiger partial charge in [0.15, 0.2) is 5.13 Å². The molecule has 1 aromatic heterocycles. The zero-order valence-electron chi connectivity index (χ0n) is 14.3. The van der Waals surface area contributed by atoms with Crippen LogP contribution in [0.15, 0.2) is 48.5 Å². The third kappa shape index (κ3) is 4.57. The molecule has 0 saturated heterocycles. The van der Waals surface area contributed by atoms with Gasteiger partial charge in [0.1, 0.15) is 0 Å². The standard InChI is InChI=1S/C19H20ClN3OS/c1-22(2)10-11-23(18(24)12-14-6-4-3-5-7-14)19-21-16-9-8-15(20)13-17(16)25-19/h3-9,13H,10-12H2,1-2H3. The first kappa shape index (κ1) is 17.9. The first-order chi connectivity index (χ1) is 12.0. The minimum atomic E-state index is 0.0539. The molecule has 0 atom stereocenters. The van der Waals surface area contributed by atoms with E-state index in [1.165, 1.54) is 11.3 Å². The van der Waals surface area contributed by atoms with E-state index in [1.807, 2.05) is 62.6 Å². The number of likely N-dealkylation sites (N-methyl/N-ethyl adjacent to an activating group) is 1. The fourth-order valence-electron chi connectivity index (χ4n) is 2.49. The zero-order chi connectivity index (χ0) is 17.8. The van der Waals surface area contributed by atoms with Crippen molar-refractivity contribution >= 4 is 44.2 Å². The first-order valence-corrected chi connectivity index (χ1v) is 9.27. The minimum absolute atomic E-state index is 0.0539. The fourth-order valence-corrected chi connectivity index (χ4v) is 3.78. The van der Waals surface area contributed by atoms with Crippen molar-refractivity contribution in [2.45, 2.75) is 6.42 Å². The zero-order valence-corrected chi connectivity index (χ0v) is 15.8. The van der Waals surface area contributed by atoms with E-state index in [0.717, 1.165) is 27.5 Å². The van der Waals surface area contributed by atoms with E-state index in [0.29, 0.717) is 18.0 Å². The third-order valence-corrected chi connectivity index (χ3v) is 5.12. The summed E-state index contributed by atoms with van der Waals surface area (Å²) in [7, 11) is 4.00. The van der Waals surface area contributed by atoms with Crippen molar-refractivity contribution in [1.82, 2.24) is 9.88 Å². The quantitative estimate of drug-likeness (QED) is 0.653. The number of thiazole rings is 1. The molecule has 1 heterocycles. The largest absolute Gasteiger partial charge is 0.308 e. The molecule has 0 aliphatic carbocycles. The van der Waals surface area contributed by atoms with Crippen LogP contribution in [0.5, 0.6) is 0 Å². The van der Waals surface area contributed by atoms with Gasteiger partial charge in [0.05, 0.1) is 16.6 Å². The van der Waals surface area contributed by atoms with Gasteiger partial charge in [-0.3, -0.25) is 9.69 Å². The Morgan fingerprint density at radius 2 is 1.88 bits per heavy atom. The first-order valence-electron chi connectivity index (χ1n) is 8.08. The number of carbonyl (C=O) groups excluding carboxylic acids is 1.